The van der Waals surface area contributed by atoms with Crippen LogP contribution in [0, 0.1) is 17.5 Å². The summed E-state index contributed by atoms with van der Waals surface area (Å²) in [6.07, 6.45) is 0. The quantitative estimate of drug-likeness (QED) is 0.656. The summed E-state index contributed by atoms with van der Waals surface area (Å²) in [6, 6.07) is 7.42. The van der Waals surface area contributed by atoms with E-state index in [1.54, 1.807) is 12.1 Å². The van der Waals surface area contributed by atoms with Crippen LogP contribution >= 0.6 is 11.6 Å². The van der Waals surface area contributed by atoms with Gasteiger partial charge in [0, 0.05) is 10.7 Å². The van der Waals surface area contributed by atoms with Gasteiger partial charge in [0.25, 0.3) is 0 Å². The van der Waals surface area contributed by atoms with Crippen LogP contribution in [0.15, 0.2) is 36.4 Å². The molecule has 0 fully saturated rings. The van der Waals surface area contributed by atoms with Gasteiger partial charge in [-0.05, 0) is 30.3 Å². The smallest absolute Gasteiger partial charge is 0.314 e. The van der Waals surface area contributed by atoms with E-state index < -0.39 is 35.0 Å². The summed E-state index contributed by atoms with van der Waals surface area (Å²) < 4.78 is 39.2. The van der Waals surface area contributed by atoms with E-state index in [1.807, 2.05) is 5.32 Å². The Bertz CT molecular complexity index is 753. The molecule has 2 rings (SSSR count). The summed E-state index contributed by atoms with van der Waals surface area (Å²) in [7, 11) is 0. The molecule has 0 atom stereocenters. The molecule has 4 nitrogen and oxygen atoms in total. The Hall–Kier alpha value is -2.54. The number of amides is 2. The van der Waals surface area contributed by atoms with Gasteiger partial charge in [-0.25, -0.2) is 13.2 Å². The third-order valence-corrected chi connectivity index (χ3v) is 2.81. The van der Waals surface area contributed by atoms with Crippen LogP contribution in [-0.4, -0.2) is 11.8 Å². The van der Waals surface area contributed by atoms with Gasteiger partial charge in [-0.15, -0.1) is 0 Å². The summed E-state index contributed by atoms with van der Waals surface area (Å²) >= 11 is 5.71. The third-order valence-electron chi connectivity index (χ3n) is 2.57. The molecule has 114 valence electrons. The number of anilines is 2. The lowest BCUT2D eigenvalue weighted by molar-refractivity contribution is -0.133. The standard InChI is InChI=1S/C14H8ClF3N2O2/c15-7-2-1-3-8(6-7)19-13(21)14(22)20-10-5-4-9(16)11(17)12(10)18/h1-6H,(H,19,21)(H,20,22). The van der Waals surface area contributed by atoms with Gasteiger partial charge in [-0.1, -0.05) is 17.7 Å². The minimum atomic E-state index is -1.74. The number of hydrogen-bond donors (Lipinski definition) is 2. The summed E-state index contributed by atoms with van der Waals surface area (Å²) in [5.41, 5.74) is -0.399. The molecule has 0 spiro atoms. The zero-order chi connectivity index (χ0) is 16.3. The van der Waals surface area contributed by atoms with Crippen molar-refractivity contribution >= 4 is 34.8 Å². The largest absolute Gasteiger partial charge is 0.318 e. The number of benzene rings is 2. The fraction of sp³-hybridized carbons (Fsp3) is 0. The van der Waals surface area contributed by atoms with Crippen LogP contribution in [0.5, 0.6) is 0 Å². The Balaban J connectivity index is 2.09. The minimum absolute atomic E-state index is 0.249. The van der Waals surface area contributed by atoms with E-state index in [0.29, 0.717) is 11.1 Å². The highest BCUT2D eigenvalue weighted by Gasteiger charge is 2.19. The zero-order valence-corrected chi connectivity index (χ0v) is 11.5. The van der Waals surface area contributed by atoms with Gasteiger partial charge in [-0.3, -0.25) is 9.59 Å². The van der Waals surface area contributed by atoms with Gasteiger partial charge in [0.15, 0.2) is 17.5 Å². The maximum atomic E-state index is 13.4. The van der Waals surface area contributed by atoms with Gasteiger partial charge >= 0.3 is 11.8 Å². The molecule has 0 unspecified atom stereocenters. The van der Waals surface area contributed by atoms with Gasteiger partial charge in [0.2, 0.25) is 0 Å². The van der Waals surface area contributed by atoms with E-state index in [4.69, 9.17) is 11.6 Å². The third kappa shape index (κ3) is 3.56. The summed E-state index contributed by atoms with van der Waals surface area (Å²) in [6.45, 7) is 0. The highest BCUT2D eigenvalue weighted by molar-refractivity contribution is 6.43. The van der Waals surface area contributed by atoms with Crippen LogP contribution < -0.4 is 10.6 Å². The first-order valence-electron chi connectivity index (χ1n) is 5.90. The SMILES string of the molecule is O=C(Nc1cccc(Cl)c1)C(=O)Nc1ccc(F)c(F)c1F. The molecule has 0 aliphatic carbocycles. The average Bonchev–Trinajstić information content (AvgIpc) is 2.47. The topological polar surface area (TPSA) is 58.2 Å². The van der Waals surface area contributed by atoms with Gasteiger partial charge in [-0.2, -0.15) is 0 Å². The number of carbonyl (C=O) groups excluding carboxylic acids is 2. The van der Waals surface area contributed by atoms with E-state index in [9.17, 15) is 22.8 Å². The van der Waals surface area contributed by atoms with Crippen LogP contribution in [0.25, 0.3) is 0 Å². The molecule has 2 aromatic rings. The molecule has 0 heterocycles. The van der Waals surface area contributed by atoms with Crippen molar-refractivity contribution in [3.63, 3.8) is 0 Å². The Morgan fingerprint density at radius 3 is 2.27 bits per heavy atom. The Kier molecular flexibility index (Phi) is 4.67. The van der Waals surface area contributed by atoms with Gasteiger partial charge in [0.1, 0.15) is 0 Å². The van der Waals surface area contributed by atoms with E-state index in [-0.39, 0.29) is 5.69 Å². The fourth-order valence-corrected chi connectivity index (χ4v) is 1.75. The lowest BCUT2D eigenvalue weighted by atomic mass is 10.2. The Morgan fingerprint density at radius 2 is 1.59 bits per heavy atom. The molecule has 2 amide bonds. The second-order valence-electron chi connectivity index (χ2n) is 4.14. The highest BCUT2D eigenvalue weighted by Crippen LogP contribution is 2.20. The van der Waals surface area contributed by atoms with Gasteiger partial charge in [0.05, 0.1) is 5.69 Å². The molecule has 0 aliphatic heterocycles. The second kappa shape index (κ2) is 6.48. The van der Waals surface area contributed by atoms with E-state index in [2.05, 4.69) is 5.32 Å². The Labute approximate surface area is 127 Å². The van der Waals surface area contributed by atoms with Crippen LogP contribution in [-0.2, 0) is 9.59 Å². The molecule has 0 saturated carbocycles. The van der Waals surface area contributed by atoms with Crippen LogP contribution in [0.1, 0.15) is 0 Å². The van der Waals surface area contributed by atoms with Crippen molar-refractivity contribution in [1.82, 2.24) is 0 Å². The van der Waals surface area contributed by atoms with Crippen molar-refractivity contribution in [3.8, 4) is 0 Å². The lowest BCUT2D eigenvalue weighted by Crippen LogP contribution is -2.29. The number of halogens is 4. The summed E-state index contributed by atoms with van der Waals surface area (Å²) in [5.74, 6) is -7.10. The van der Waals surface area contributed by atoms with Crippen LogP contribution in [0.4, 0.5) is 24.5 Å². The molecule has 0 aliphatic rings. The van der Waals surface area contributed by atoms with Crippen molar-refractivity contribution in [2.24, 2.45) is 0 Å². The molecular formula is C14H8ClF3N2O2. The molecule has 2 N–H and O–H groups in total. The first kappa shape index (κ1) is 15.8. The fourth-order valence-electron chi connectivity index (χ4n) is 1.56. The number of rotatable bonds is 2. The van der Waals surface area contributed by atoms with E-state index in [1.165, 1.54) is 12.1 Å². The first-order chi connectivity index (χ1) is 10.4. The van der Waals surface area contributed by atoms with Crippen molar-refractivity contribution in [3.05, 3.63) is 58.9 Å². The molecule has 0 radical (unpaired) electrons. The van der Waals surface area contributed by atoms with Crippen molar-refractivity contribution in [2.45, 2.75) is 0 Å². The number of nitrogens with one attached hydrogen (secondary N) is 2. The molecule has 8 heteroatoms. The maximum absolute atomic E-state index is 13.4. The first-order valence-corrected chi connectivity index (χ1v) is 6.27. The molecular weight excluding hydrogens is 321 g/mol. The van der Waals surface area contributed by atoms with E-state index >= 15 is 0 Å². The highest BCUT2D eigenvalue weighted by atomic mass is 35.5. The summed E-state index contributed by atoms with van der Waals surface area (Å²) in [4.78, 5) is 23.2. The van der Waals surface area contributed by atoms with Crippen molar-refractivity contribution in [2.75, 3.05) is 10.6 Å². The van der Waals surface area contributed by atoms with Crippen LogP contribution in [0.2, 0.25) is 5.02 Å². The van der Waals surface area contributed by atoms with Crippen molar-refractivity contribution < 1.29 is 22.8 Å². The Morgan fingerprint density at radius 1 is 0.909 bits per heavy atom. The second-order valence-corrected chi connectivity index (χ2v) is 4.58. The average molecular weight is 329 g/mol. The molecule has 22 heavy (non-hydrogen) atoms. The predicted molar refractivity (Wildman–Crippen MR) is 75.0 cm³/mol. The van der Waals surface area contributed by atoms with Gasteiger partial charge < -0.3 is 10.6 Å². The number of hydrogen-bond acceptors (Lipinski definition) is 2. The van der Waals surface area contributed by atoms with E-state index in [0.717, 1.165) is 6.07 Å². The normalized spacial score (nSPS) is 10.2. The lowest BCUT2D eigenvalue weighted by Gasteiger charge is -2.08. The summed E-state index contributed by atoms with van der Waals surface area (Å²) in [5, 5.41) is 4.41. The number of carbonyl (C=O) groups is 2. The predicted octanol–water partition coefficient (Wildman–Crippen LogP) is 3.33. The molecule has 0 aromatic heterocycles. The molecule has 2 aromatic carbocycles. The molecule has 0 bridgehead atoms. The maximum Gasteiger partial charge on any atom is 0.314 e. The van der Waals surface area contributed by atoms with Crippen LogP contribution in [0.3, 0.4) is 0 Å². The zero-order valence-electron chi connectivity index (χ0n) is 10.8. The minimum Gasteiger partial charge on any atom is -0.318 e. The monoisotopic (exact) mass is 328 g/mol. The molecule has 0 saturated heterocycles. The van der Waals surface area contributed by atoms with Crippen molar-refractivity contribution in [1.29, 1.82) is 0 Å².